The van der Waals surface area contributed by atoms with Crippen molar-refractivity contribution >= 4 is 11.9 Å². The van der Waals surface area contributed by atoms with Crippen LogP contribution in [0.3, 0.4) is 0 Å². The average Bonchev–Trinajstić information content (AvgIpc) is 3.08. The maximum absolute atomic E-state index is 11.2. The zero-order chi connectivity index (χ0) is 40.8. The Bertz CT molecular complexity index is 932. The highest BCUT2D eigenvalue weighted by molar-refractivity contribution is 5.67. The van der Waals surface area contributed by atoms with E-state index in [1.165, 1.54) is 149 Å². The molecule has 336 valence electrons. The lowest BCUT2D eigenvalue weighted by molar-refractivity contribution is -0.870. The van der Waals surface area contributed by atoms with Crippen molar-refractivity contribution in [2.24, 2.45) is 0 Å². The van der Waals surface area contributed by atoms with Gasteiger partial charge in [-0.15, -0.1) is 0 Å². The zero-order valence-electron chi connectivity index (χ0n) is 38.5. The molecule has 0 saturated heterocycles. The summed E-state index contributed by atoms with van der Waals surface area (Å²) >= 11 is 0. The lowest BCUT2D eigenvalue weighted by atomic mass is 10.0. The molecule has 0 aromatic rings. The molecule has 0 atom stereocenters. The number of rotatable bonds is 36. The standard InChI is InChI=1S/2C23H46NO3.2HI/c2*1-6-7-8-9-10-11-12-13-14-15-16-17-18-23(27-22(2)25)21-26-20-19-24(3,4)5;;/h21H,6-20H2,1-5H3;18H,6-17,19-21H2,1-5H3;2*1H/q2*+1;;/p-2/b23-21-;23-18-;;. The number of nitrogens with zero attached hydrogens (tertiary/aromatic N) is 2. The largest absolute Gasteiger partial charge is 1.00 e. The van der Waals surface area contributed by atoms with Gasteiger partial charge in [0, 0.05) is 20.3 Å². The first kappa shape index (κ1) is 62.2. The van der Waals surface area contributed by atoms with Crippen LogP contribution in [0.5, 0.6) is 0 Å². The SMILES string of the molecule is CCCCCCCCCCCCC/C=C(/COCC[N+](C)(C)C)OC(C)=O.CCCCCCCCCCCCCC/C(=C/OCC[N+](C)(C)C)OC(C)=O.[I-].[I-]. The topological polar surface area (TPSA) is 71.1 Å². The summed E-state index contributed by atoms with van der Waals surface area (Å²) in [6.07, 6.45) is 36.1. The Morgan fingerprint density at radius 3 is 1.23 bits per heavy atom. The molecule has 0 heterocycles. The van der Waals surface area contributed by atoms with E-state index in [2.05, 4.69) is 56.1 Å². The van der Waals surface area contributed by atoms with Crippen LogP contribution in [0.15, 0.2) is 23.9 Å². The van der Waals surface area contributed by atoms with Crippen LogP contribution < -0.4 is 48.0 Å². The number of quaternary nitrogens is 2. The molecule has 0 unspecified atom stereocenters. The second-order valence-corrected chi connectivity index (χ2v) is 17.4. The van der Waals surface area contributed by atoms with Gasteiger partial charge in [0.1, 0.15) is 44.1 Å². The van der Waals surface area contributed by atoms with Crippen LogP contribution in [0, 0.1) is 0 Å². The number of esters is 2. The molecule has 0 spiro atoms. The second kappa shape index (κ2) is 44.1. The van der Waals surface area contributed by atoms with E-state index < -0.39 is 0 Å². The van der Waals surface area contributed by atoms with Crippen molar-refractivity contribution in [3.63, 3.8) is 0 Å². The summed E-state index contributed by atoms with van der Waals surface area (Å²) in [5, 5.41) is 0. The minimum Gasteiger partial charge on any atom is -1.00 e. The minimum absolute atomic E-state index is 0. The molecule has 0 bridgehead atoms. The maximum atomic E-state index is 11.2. The molecule has 0 aliphatic heterocycles. The molecular formula is C46H92I2N2O6. The molecule has 0 amide bonds. The van der Waals surface area contributed by atoms with Crippen molar-refractivity contribution in [2.45, 2.75) is 188 Å². The smallest absolute Gasteiger partial charge is 0.307 e. The molecule has 0 aliphatic carbocycles. The van der Waals surface area contributed by atoms with Gasteiger partial charge in [0.05, 0.1) is 48.9 Å². The Kier molecular flexibility index (Phi) is 49.0. The van der Waals surface area contributed by atoms with Crippen molar-refractivity contribution in [1.29, 1.82) is 0 Å². The van der Waals surface area contributed by atoms with E-state index in [1.807, 2.05) is 6.08 Å². The molecule has 0 aromatic heterocycles. The van der Waals surface area contributed by atoms with Gasteiger partial charge >= 0.3 is 11.9 Å². The molecule has 0 N–H and O–H groups in total. The lowest BCUT2D eigenvalue weighted by Gasteiger charge is -2.23. The van der Waals surface area contributed by atoms with Gasteiger partial charge in [-0.2, -0.15) is 0 Å². The van der Waals surface area contributed by atoms with E-state index in [0.29, 0.717) is 31.3 Å². The summed E-state index contributed by atoms with van der Waals surface area (Å²) in [5.41, 5.74) is 0. The van der Waals surface area contributed by atoms with Gasteiger partial charge in [0.2, 0.25) is 0 Å². The van der Waals surface area contributed by atoms with Crippen LogP contribution in [0.4, 0.5) is 0 Å². The Balaban J connectivity index is -0.000000466. The van der Waals surface area contributed by atoms with Crippen LogP contribution in [-0.4, -0.2) is 96.1 Å². The highest BCUT2D eigenvalue weighted by Gasteiger charge is 2.09. The van der Waals surface area contributed by atoms with Crippen LogP contribution in [-0.2, 0) is 28.5 Å². The number of carbonyl (C=O) groups excluding carboxylic acids is 2. The number of carbonyl (C=O) groups is 2. The molecule has 0 saturated carbocycles. The van der Waals surface area contributed by atoms with Crippen molar-refractivity contribution < 1.29 is 85.5 Å². The maximum Gasteiger partial charge on any atom is 0.307 e. The van der Waals surface area contributed by atoms with Crippen molar-refractivity contribution in [3.05, 3.63) is 23.9 Å². The first-order chi connectivity index (χ1) is 25.7. The summed E-state index contributed by atoms with van der Waals surface area (Å²) in [4.78, 5) is 22.5. The van der Waals surface area contributed by atoms with Gasteiger partial charge < -0.3 is 75.9 Å². The number of hydrogen-bond donors (Lipinski definition) is 0. The van der Waals surface area contributed by atoms with E-state index in [1.54, 1.807) is 6.26 Å². The number of likely N-dealkylation sites (N-methyl/N-ethyl adjacent to an activating group) is 2. The molecule has 0 rings (SSSR count). The normalized spacial score (nSPS) is 11.9. The Morgan fingerprint density at radius 1 is 0.482 bits per heavy atom. The van der Waals surface area contributed by atoms with E-state index in [9.17, 15) is 9.59 Å². The predicted octanol–water partition coefficient (Wildman–Crippen LogP) is 6.07. The van der Waals surface area contributed by atoms with E-state index >= 15 is 0 Å². The second-order valence-electron chi connectivity index (χ2n) is 17.4. The summed E-state index contributed by atoms with van der Waals surface area (Å²) in [7, 11) is 12.8. The molecule has 0 fully saturated rings. The van der Waals surface area contributed by atoms with Crippen LogP contribution in [0.2, 0.25) is 0 Å². The average molecular weight is 1020 g/mol. The van der Waals surface area contributed by atoms with Gasteiger partial charge in [-0.3, -0.25) is 9.59 Å². The van der Waals surface area contributed by atoms with E-state index in [4.69, 9.17) is 18.9 Å². The lowest BCUT2D eigenvalue weighted by Crippen LogP contribution is -3.00. The van der Waals surface area contributed by atoms with Crippen LogP contribution >= 0.6 is 0 Å². The van der Waals surface area contributed by atoms with E-state index in [0.717, 1.165) is 47.7 Å². The fraction of sp³-hybridized carbons (Fsp3) is 0.870. The zero-order valence-corrected chi connectivity index (χ0v) is 42.8. The molecule has 0 aliphatic rings. The Labute approximate surface area is 382 Å². The molecule has 56 heavy (non-hydrogen) atoms. The summed E-state index contributed by atoms with van der Waals surface area (Å²) in [6.45, 7) is 11.0. The fourth-order valence-electron chi connectivity index (χ4n) is 5.83. The van der Waals surface area contributed by atoms with Gasteiger partial charge in [0.25, 0.3) is 0 Å². The number of hydrogen-bond acceptors (Lipinski definition) is 6. The molecule has 0 aromatic carbocycles. The highest BCUT2D eigenvalue weighted by Crippen LogP contribution is 2.16. The van der Waals surface area contributed by atoms with Gasteiger partial charge in [0.15, 0.2) is 0 Å². The number of ether oxygens (including phenoxy) is 4. The summed E-state index contributed by atoms with van der Waals surface area (Å²) in [6, 6.07) is 0. The Hall–Kier alpha value is -0.440. The van der Waals surface area contributed by atoms with Gasteiger partial charge in [-0.25, -0.2) is 0 Å². The first-order valence-corrected chi connectivity index (χ1v) is 22.2. The summed E-state index contributed by atoms with van der Waals surface area (Å²) < 4.78 is 23.5. The van der Waals surface area contributed by atoms with Crippen molar-refractivity contribution in [3.8, 4) is 0 Å². The first-order valence-electron chi connectivity index (χ1n) is 22.2. The highest BCUT2D eigenvalue weighted by atomic mass is 127. The van der Waals surface area contributed by atoms with Crippen LogP contribution in [0.1, 0.15) is 188 Å². The third-order valence-electron chi connectivity index (χ3n) is 9.25. The number of allylic oxidation sites excluding steroid dienone is 2. The van der Waals surface area contributed by atoms with Crippen molar-refractivity contribution in [1.82, 2.24) is 0 Å². The third-order valence-corrected chi connectivity index (χ3v) is 9.25. The number of unbranched alkanes of at least 4 members (excludes halogenated alkanes) is 22. The molecule has 8 nitrogen and oxygen atoms in total. The molecule has 10 heteroatoms. The number of halogens is 2. The molecule has 0 radical (unpaired) electrons. The fourth-order valence-corrected chi connectivity index (χ4v) is 5.83. The van der Waals surface area contributed by atoms with E-state index in [-0.39, 0.29) is 59.9 Å². The quantitative estimate of drug-likeness (QED) is 0.0250. The third kappa shape index (κ3) is 55.7. The minimum atomic E-state index is -0.268. The Morgan fingerprint density at radius 2 is 0.839 bits per heavy atom. The van der Waals surface area contributed by atoms with Crippen molar-refractivity contribution in [2.75, 3.05) is 75.2 Å². The molecular weight excluding hydrogens is 930 g/mol. The summed E-state index contributed by atoms with van der Waals surface area (Å²) in [5.74, 6) is 0.790. The van der Waals surface area contributed by atoms with Gasteiger partial charge in [-0.1, -0.05) is 149 Å². The van der Waals surface area contributed by atoms with Gasteiger partial charge in [-0.05, 0) is 25.3 Å². The predicted molar refractivity (Wildman–Crippen MR) is 229 cm³/mol. The van der Waals surface area contributed by atoms with Crippen LogP contribution in [0.25, 0.3) is 0 Å². The monoisotopic (exact) mass is 1020 g/mol.